The number of carbonyl (C=O) groups is 2. The molecule has 1 aliphatic heterocycles. The van der Waals surface area contributed by atoms with Crippen LogP contribution in [0.4, 0.5) is 5.69 Å². The Kier molecular flexibility index (Phi) is 6.07. The second kappa shape index (κ2) is 8.90. The fourth-order valence-electron chi connectivity index (χ4n) is 4.69. The zero-order valence-electron chi connectivity index (χ0n) is 17.8. The van der Waals surface area contributed by atoms with Crippen molar-refractivity contribution in [2.45, 2.75) is 58.0 Å². The van der Waals surface area contributed by atoms with Gasteiger partial charge in [0.05, 0.1) is 7.11 Å². The lowest BCUT2D eigenvalue weighted by Gasteiger charge is -2.23. The highest BCUT2D eigenvalue weighted by Gasteiger charge is 2.31. The maximum absolute atomic E-state index is 13.2. The largest absolute Gasteiger partial charge is 0.497 e. The minimum atomic E-state index is -0.00804. The van der Waals surface area contributed by atoms with E-state index in [-0.39, 0.29) is 17.9 Å². The number of hydrogen-bond acceptors (Lipinski definition) is 3. The molecule has 1 heterocycles. The van der Waals surface area contributed by atoms with Crippen LogP contribution in [0.3, 0.4) is 0 Å². The standard InChI is InChI=1S/C25H30N2O3/c1-17-13-21-8-7-19(16-26-24(28)15-18-5-3-4-6-18)14-23(21)27(17)25(29)20-9-11-22(30-2)12-10-20/h7-12,14,17-18H,3-6,13,15-16H2,1-2H3,(H,26,28)/t17-/m1/s1. The number of benzene rings is 2. The molecule has 0 bridgehead atoms. The Labute approximate surface area is 178 Å². The number of fused-ring (bicyclic) bond motifs is 1. The molecule has 4 rings (SSSR count). The minimum absolute atomic E-state index is 0.00804. The van der Waals surface area contributed by atoms with E-state index in [1.165, 1.54) is 31.2 Å². The van der Waals surface area contributed by atoms with E-state index in [1.807, 2.05) is 17.0 Å². The predicted molar refractivity (Wildman–Crippen MR) is 118 cm³/mol. The summed E-state index contributed by atoms with van der Waals surface area (Å²) in [5, 5.41) is 3.06. The molecule has 0 unspecified atom stereocenters. The first-order chi connectivity index (χ1) is 14.5. The molecule has 0 saturated heterocycles. The molecule has 1 saturated carbocycles. The molecule has 2 aliphatic rings. The molecule has 0 radical (unpaired) electrons. The van der Waals surface area contributed by atoms with Crippen LogP contribution in [-0.4, -0.2) is 25.0 Å². The Hall–Kier alpha value is -2.82. The topological polar surface area (TPSA) is 58.6 Å². The fourth-order valence-corrected chi connectivity index (χ4v) is 4.69. The predicted octanol–water partition coefficient (Wildman–Crippen LogP) is 4.48. The van der Waals surface area contributed by atoms with Gasteiger partial charge in [-0.1, -0.05) is 25.0 Å². The van der Waals surface area contributed by atoms with Crippen molar-refractivity contribution in [3.8, 4) is 5.75 Å². The summed E-state index contributed by atoms with van der Waals surface area (Å²) in [6.07, 6.45) is 6.31. The normalized spacial score (nSPS) is 18.3. The van der Waals surface area contributed by atoms with E-state index in [2.05, 4.69) is 30.4 Å². The third-order valence-electron chi connectivity index (χ3n) is 6.36. The third kappa shape index (κ3) is 4.35. The third-order valence-corrected chi connectivity index (χ3v) is 6.36. The van der Waals surface area contributed by atoms with Crippen LogP contribution in [0.25, 0.3) is 0 Å². The zero-order chi connectivity index (χ0) is 21.1. The second-order valence-corrected chi connectivity index (χ2v) is 8.55. The van der Waals surface area contributed by atoms with Crippen molar-refractivity contribution < 1.29 is 14.3 Å². The smallest absolute Gasteiger partial charge is 0.258 e. The molecule has 158 valence electrons. The molecule has 5 nitrogen and oxygen atoms in total. The molecule has 2 aromatic carbocycles. The second-order valence-electron chi connectivity index (χ2n) is 8.55. The van der Waals surface area contributed by atoms with Gasteiger partial charge < -0.3 is 15.0 Å². The summed E-state index contributed by atoms with van der Waals surface area (Å²) >= 11 is 0. The van der Waals surface area contributed by atoms with Crippen LogP contribution in [-0.2, 0) is 17.8 Å². The van der Waals surface area contributed by atoms with E-state index in [4.69, 9.17) is 4.74 Å². The Morgan fingerprint density at radius 3 is 2.53 bits per heavy atom. The van der Waals surface area contributed by atoms with Crippen LogP contribution in [0.5, 0.6) is 5.75 Å². The van der Waals surface area contributed by atoms with E-state index in [9.17, 15) is 9.59 Å². The number of ether oxygens (including phenoxy) is 1. The number of carbonyl (C=O) groups excluding carboxylic acids is 2. The van der Waals surface area contributed by atoms with Crippen molar-refractivity contribution >= 4 is 17.5 Å². The molecular formula is C25H30N2O3. The first kappa shape index (κ1) is 20.5. The van der Waals surface area contributed by atoms with Crippen molar-refractivity contribution in [1.82, 2.24) is 5.32 Å². The van der Waals surface area contributed by atoms with E-state index < -0.39 is 0 Å². The molecule has 1 atom stereocenters. The van der Waals surface area contributed by atoms with Gasteiger partial charge in [-0.15, -0.1) is 0 Å². The number of rotatable bonds is 6. The summed E-state index contributed by atoms with van der Waals surface area (Å²) in [6.45, 7) is 2.57. The van der Waals surface area contributed by atoms with Crippen LogP contribution < -0.4 is 15.0 Å². The van der Waals surface area contributed by atoms with Gasteiger partial charge in [-0.25, -0.2) is 0 Å². The summed E-state index contributed by atoms with van der Waals surface area (Å²) in [5.41, 5.74) is 3.79. The number of amides is 2. The fraction of sp³-hybridized carbons (Fsp3) is 0.440. The van der Waals surface area contributed by atoms with Gasteiger partial charge in [0.15, 0.2) is 0 Å². The van der Waals surface area contributed by atoms with Crippen LogP contribution in [0, 0.1) is 5.92 Å². The maximum atomic E-state index is 13.2. The molecule has 30 heavy (non-hydrogen) atoms. The quantitative estimate of drug-likeness (QED) is 0.769. The van der Waals surface area contributed by atoms with E-state index >= 15 is 0 Å². The van der Waals surface area contributed by atoms with Gasteiger partial charge >= 0.3 is 0 Å². The maximum Gasteiger partial charge on any atom is 0.258 e. The first-order valence-corrected chi connectivity index (χ1v) is 10.9. The van der Waals surface area contributed by atoms with Gasteiger partial charge in [-0.05, 0) is 73.6 Å². The SMILES string of the molecule is COc1ccc(C(=O)N2c3cc(CNC(=O)CC4CCCC4)ccc3C[C@H]2C)cc1. The first-order valence-electron chi connectivity index (χ1n) is 10.9. The van der Waals surface area contributed by atoms with Crippen molar-refractivity contribution in [1.29, 1.82) is 0 Å². The van der Waals surface area contributed by atoms with E-state index in [0.717, 1.165) is 23.4 Å². The van der Waals surface area contributed by atoms with Gasteiger partial charge in [-0.2, -0.15) is 0 Å². The average molecular weight is 407 g/mol. The van der Waals surface area contributed by atoms with Gasteiger partial charge in [0.1, 0.15) is 5.75 Å². The summed E-state index contributed by atoms with van der Waals surface area (Å²) in [4.78, 5) is 27.4. The number of methoxy groups -OCH3 is 1. The molecule has 2 aromatic rings. The minimum Gasteiger partial charge on any atom is -0.497 e. The molecule has 1 N–H and O–H groups in total. The molecule has 0 aromatic heterocycles. The number of hydrogen-bond donors (Lipinski definition) is 1. The van der Waals surface area contributed by atoms with Crippen molar-refractivity contribution in [3.05, 3.63) is 59.2 Å². The van der Waals surface area contributed by atoms with Gasteiger partial charge in [0, 0.05) is 30.3 Å². The molecule has 1 fully saturated rings. The molecular weight excluding hydrogens is 376 g/mol. The molecule has 1 aliphatic carbocycles. The summed E-state index contributed by atoms with van der Waals surface area (Å²) < 4.78 is 5.20. The number of nitrogens with one attached hydrogen (secondary N) is 1. The Bertz CT molecular complexity index is 916. The van der Waals surface area contributed by atoms with Crippen LogP contribution in [0.2, 0.25) is 0 Å². The van der Waals surface area contributed by atoms with Crippen LogP contribution >= 0.6 is 0 Å². The summed E-state index contributed by atoms with van der Waals surface area (Å²) in [5.74, 6) is 1.40. The van der Waals surface area contributed by atoms with Crippen molar-refractivity contribution in [2.24, 2.45) is 5.92 Å². The van der Waals surface area contributed by atoms with Crippen LogP contribution in [0.15, 0.2) is 42.5 Å². The monoisotopic (exact) mass is 406 g/mol. The Morgan fingerprint density at radius 2 is 1.83 bits per heavy atom. The summed E-state index contributed by atoms with van der Waals surface area (Å²) in [7, 11) is 1.61. The lowest BCUT2D eigenvalue weighted by Crippen LogP contribution is -2.35. The van der Waals surface area contributed by atoms with E-state index in [0.29, 0.717) is 24.4 Å². The van der Waals surface area contributed by atoms with Crippen molar-refractivity contribution in [2.75, 3.05) is 12.0 Å². The lowest BCUT2D eigenvalue weighted by molar-refractivity contribution is -0.122. The van der Waals surface area contributed by atoms with Gasteiger partial charge in [0.25, 0.3) is 5.91 Å². The highest BCUT2D eigenvalue weighted by atomic mass is 16.5. The molecule has 2 amide bonds. The zero-order valence-corrected chi connectivity index (χ0v) is 17.8. The lowest BCUT2D eigenvalue weighted by atomic mass is 10.0. The van der Waals surface area contributed by atoms with E-state index in [1.54, 1.807) is 19.2 Å². The highest BCUT2D eigenvalue weighted by Crippen LogP contribution is 2.34. The Balaban J connectivity index is 1.45. The molecule has 5 heteroatoms. The Morgan fingerprint density at radius 1 is 1.10 bits per heavy atom. The highest BCUT2D eigenvalue weighted by molar-refractivity contribution is 6.07. The average Bonchev–Trinajstić information content (AvgIpc) is 3.38. The van der Waals surface area contributed by atoms with Crippen LogP contribution in [0.1, 0.15) is 60.5 Å². The van der Waals surface area contributed by atoms with Gasteiger partial charge in [-0.3, -0.25) is 9.59 Å². The number of anilines is 1. The molecule has 0 spiro atoms. The van der Waals surface area contributed by atoms with Gasteiger partial charge in [0.2, 0.25) is 5.91 Å². The summed E-state index contributed by atoms with van der Waals surface area (Å²) in [6, 6.07) is 13.5. The van der Waals surface area contributed by atoms with Crippen molar-refractivity contribution in [3.63, 3.8) is 0 Å². The number of nitrogens with zero attached hydrogens (tertiary/aromatic N) is 1.